The van der Waals surface area contributed by atoms with Crippen molar-refractivity contribution in [3.63, 3.8) is 0 Å². The van der Waals surface area contributed by atoms with E-state index in [0.717, 1.165) is 10.2 Å². The number of benzene rings is 2. The highest BCUT2D eigenvalue weighted by Gasteiger charge is 2.14. The fourth-order valence-electron chi connectivity index (χ4n) is 2.56. The van der Waals surface area contributed by atoms with Crippen LogP contribution < -0.4 is 5.56 Å². The molecule has 0 amide bonds. The lowest BCUT2D eigenvalue weighted by Crippen LogP contribution is -2.13. The van der Waals surface area contributed by atoms with Gasteiger partial charge >= 0.3 is 0 Å². The molecule has 4 aromatic rings. The highest BCUT2D eigenvalue weighted by Crippen LogP contribution is 2.29. The first-order valence-corrected chi connectivity index (χ1v) is 8.68. The van der Waals surface area contributed by atoms with Crippen LogP contribution in [0.1, 0.15) is 5.69 Å². The molecule has 2 aromatic carbocycles. The molecule has 0 saturated carbocycles. The molecule has 27 heavy (non-hydrogen) atoms. The van der Waals surface area contributed by atoms with Gasteiger partial charge < -0.3 is 0 Å². The minimum absolute atomic E-state index is 0.0502. The van der Waals surface area contributed by atoms with Gasteiger partial charge in [-0.25, -0.2) is 9.67 Å². The number of nitro groups is 1. The number of thiazole rings is 1. The number of nitrogens with one attached hydrogen (secondary N) is 1. The Morgan fingerprint density at radius 2 is 1.89 bits per heavy atom. The minimum Gasteiger partial charge on any atom is -0.293 e. The van der Waals surface area contributed by atoms with E-state index < -0.39 is 10.5 Å². The number of azo groups is 1. The van der Waals surface area contributed by atoms with E-state index in [9.17, 15) is 14.9 Å². The molecule has 0 fully saturated rings. The molecule has 0 aliphatic carbocycles. The van der Waals surface area contributed by atoms with Crippen LogP contribution in [0, 0.1) is 17.0 Å². The van der Waals surface area contributed by atoms with Gasteiger partial charge in [0.05, 0.1) is 26.5 Å². The van der Waals surface area contributed by atoms with Crippen molar-refractivity contribution in [2.75, 3.05) is 0 Å². The van der Waals surface area contributed by atoms with Gasteiger partial charge in [-0.2, -0.15) is 0 Å². The van der Waals surface area contributed by atoms with Gasteiger partial charge in [-0.15, -0.1) is 10.2 Å². The van der Waals surface area contributed by atoms with Crippen LogP contribution in [-0.4, -0.2) is 19.7 Å². The predicted octanol–water partition coefficient (Wildman–Crippen LogP) is 4.41. The lowest BCUT2D eigenvalue weighted by Gasteiger charge is -2.00. The molecule has 0 unspecified atom stereocenters. The number of aromatic nitrogens is 3. The minimum atomic E-state index is -0.496. The van der Waals surface area contributed by atoms with Gasteiger partial charge in [0.2, 0.25) is 5.13 Å². The summed E-state index contributed by atoms with van der Waals surface area (Å²) >= 11 is 1.38. The zero-order valence-electron chi connectivity index (χ0n) is 14.0. The van der Waals surface area contributed by atoms with E-state index in [1.807, 2.05) is 24.3 Å². The summed E-state index contributed by atoms with van der Waals surface area (Å²) in [5, 5.41) is 22.3. The van der Waals surface area contributed by atoms with Gasteiger partial charge in [-0.05, 0) is 31.2 Å². The lowest BCUT2D eigenvalue weighted by molar-refractivity contribution is -0.384. The van der Waals surface area contributed by atoms with Gasteiger partial charge in [0.15, 0.2) is 5.69 Å². The molecule has 0 aliphatic rings. The first-order valence-electron chi connectivity index (χ1n) is 7.87. The summed E-state index contributed by atoms with van der Waals surface area (Å²) in [6, 6.07) is 13.3. The molecule has 0 saturated heterocycles. The molecule has 0 radical (unpaired) electrons. The molecular formula is C17H12N6O3S. The standard InChI is InChI=1S/C17H12N6O3S/c1-10-15(19-20-17-18-13-4-2-3-5-14(13)27-17)16(24)22(21-10)11-6-8-12(9-7-11)23(25)26/h2-9,21H,1H3. The smallest absolute Gasteiger partial charge is 0.293 e. The Labute approximate surface area is 155 Å². The maximum absolute atomic E-state index is 12.6. The number of aromatic amines is 1. The van der Waals surface area contributed by atoms with Crippen molar-refractivity contribution in [1.82, 2.24) is 14.8 Å². The van der Waals surface area contributed by atoms with E-state index in [4.69, 9.17) is 0 Å². The number of rotatable bonds is 4. The monoisotopic (exact) mass is 380 g/mol. The maximum atomic E-state index is 12.6. The van der Waals surface area contributed by atoms with E-state index >= 15 is 0 Å². The van der Waals surface area contributed by atoms with Crippen molar-refractivity contribution in [3.8, 4) is 5.69 Å². The Kier molecular flexibility index (Phi) is 4.09. The van der Waals surface area contributed by atoms with Crippen LogP contribution in [0.15, 0.2) is 63.6 Å². The van der Waals surface area contributed by atoms with E-state index in [2.05, 4.69) is 20.3 Å². The predicted molar refractivity (Wildman–Crippen MR) is 102 cm³/mol. The summed E-state index contributed by atoms with van der Waals surface area (Å²) in [7, 11) is 0. The summed E-state index contributed by atoms with van der Waals surface area (Å²) in [6.45, 7) is 1.70. The van der Waals surface area contributed by atoms with Gasteiger partial charge in [0.25, 0.3) is 11.2 Å². The number of aryl methyl sites for hydroxylation is 1. The normalized spacial score (nSPS) is 11.4. The Balaban J connectivity index is 1.68. The molecule has 134 valence electrons. The molecule has 0 atom stereocenters. The second kappa shape index (κ2) is 6.57. The van der Waals surface area contributed by atoms with Crippen molar-refractivity contribution >= 4 is 38.1 Å². The zero-order valence-corrected chi connectivity index (χ0v) is 14.8. The molecule has 2 aromatic heterocycles. The number of nitro benzene ring substituents is 1. The highest BCUT2D eigenvalue weighted by molar-refractivity contribution is 7.21. The third kappa shape index (κ3) is 3.13. The molecule has 9 nitrogen and oxygen atoms in total. The van der Waals surface area contributed by atoms with E-state index in [0.29, 0.717) is 16.5 Å². The summed E-state index contributed by atoms with van der Waals surface area (Å²) in [5.41, 5.74) is 1.54. The Morgan fingerprint density at radius 1 is 1.15 bits per heavy atom. The van der Waals surface area contributed by atoms with Crippen LogP contribution in [0.5, 0.6) is 0 Å². The summed E-state index contributed by atoms with van der Waals surface area (Å²) < 4.78 is 2.26. The summed E-state index contributed by atoms with van der Waals surface area (Å²) in [4.78, 5) is 27.2. The largest absolute Gasteiger partial charge is 0.299 e. The third-order valence-corrected chi connectivity index (χ3v) is 4.80. The van der Waals surface area contributed by atoms with Crippen LogP contribution in [0.25, 0.3) is 15.9 Å². The van der Waals surface area contributed by atoms with Gasteiger partial charge in [-0.3, -0.25) is 20.0 Å². The lowest BCUT2D eigenvalue weighted by atomic mass is 10.3. The first kappa shape index (κ1) is 16.8. The number of fused-ring (bicyclic) bond motifs is 1. The second-order valence-corrected chi connectivity index (χ2v) is 6.67. The van der Waals surface area contributed by atoms with Crippen LogP contribution in [0.4, 0.5) is 16.5 Å². The van der Waals surface area contributed by atoms with Crippen molar-refractivity contribution < 1.29 is 4.92 Å². The van der Waals surface area contributed by atoms with Gasteiger partial charge in [0.1, 0.15) is 0 Å². The molecule has 0 aliphatic heterocycles. The number of hydrogen-bond donors (Lipinski definition) is 1. The number of para-hydroxylation sites is 1. The summed E-state index contributed by atoms with van der Waals surface area (Å²) in [6.07, 6.45) is 0. The maximum Gasteiger partial charge on any atom is 0.299 e. The molecule has 4 rings (SSSR count). The Morgan fingerprint density at radius 3 is 2.59 bits per heavy atom. The van der Waals surface area contributed by atoms with Gasteiger partial charge in [0, 0.05) is 12.1 Å². The molecule has 2 heterocycles. The van der Waals surface area contributed by atoms with Crippen LogP contribution >= 0.6 is 11.3 Å². The van der Waals surface area contributed by atoms with E-state index in [1.54, 1.807) is 6.92 Å². The van der Waals surface area contributed by atoms with Gasteiger partial charge in [-0.1, -0.05) is 23.5 Å². The second-order valence-electron chi connectivity index (χ2n) is 5.66. The van der Waals surface area contributed by atoms with Crippen LogP contribution in [-0.2, 0) is 0 Å². The number of hydrogen-bond acceptors (Lipinski definition) is 7. The Hall–Kier alpha value is -3.66. The van der Waals surface area contributed by atoms with Crippen LogP contribution in [0.3, 0.4) is 0 Å². The average Bonchev–Trinajstić information content (AvgIpc) is 3.20. The third-order valence-electron chi connectivity index (χ3n) is 3.88. The number of H-pyrrole nitrogens is 1. The summed E-state index contributed by atoms with van der Waals surface area (Å²) in [5.74, 6) is 0. The topological polar surface area (TPSA) is 119 Å². The number of nitrogens with zero attached hydrogens (tertiary/aromatic N) is 5. The van der Waals surface area contributed by atoms with Crippen molar-refractivity contribution in [1.29, 1.82) is 0 Å². The van der Waals surface area contributed by atoms with Crippen molar-refractivity contribution in [3.05, 3.63) is 74.7 Å². The molecule has 10 heteroatoms. The number of non-ortho nitro benzene ring substituents is 1. The SMILES string of the molecule is Cc1[nH]n(-c2ccc([N+](=O)[O-])cc2)c(=O)c1N=Nc1nc2ccccc2s1. The van der Waals surface area contributed by atoms with Crippen molar-refractivity contribution in [2.45, 2.75) is 6.92 Å². The zero-order chi connectivity index (χ0) is 19.0. The highest BCUT2D eigenvalue weighted by atomic mass is 32.1. The fraction of sp³-hybridized carbons (Fsp3) is 0.0588. The molecule has 1 N–H and O–H groups in total. The fourth-order valence-corrected chi connectivity index (χ4v) is 3.34. The Bertz CT molecular complexity index is 1200. The first-order chi connectivity index (χ1) is 13.0. The van der Waals surface area contributed by atoms with E-state index in [-0.39, 0.29) is 11.4 Å². The quantitative estimate of drug-likeness (QED) is 0.320. The van der Waals surface area contributed by atoms with Crippen LogP contribution in [0.2, 0.25) is 0 Å². The molecule has 0 bridgehead atoms. The van der Waals surface area contributed by atoms with Crippen molar-refractivity contribution in [2.24, 2.45) is 10.2 Å². The molecular weight excluding hydrogens is 368 g/mol. The van der Waals surface area contributed by atoms with E-state index in [1.165, 1.54) is 40.3 Å². The average molecular weight is 380 g/mol. The molecule has 0 spiro atoms.